The van der Waals surface area contributed by atoms with E-state index in [4.69, 9.17) is 5.11 Å². The predicted molar refractivity (Wildman–Crippen MR) is 49.4 cm³/mol. The number of anilines is 1. The molecule has 0 fully saturated rings. The van der Waals surface area contributed by atoms with Gasteiger partial charge in [-0.05, 0) is 6.07 Å². The van der Waals surface area contributed by atoms with E-state index in [0.717, 1.165) is 18.2 Å². The Labute approximate surface area is 87.7 Å². The average Bonchev–Trinajstić information content (AvgIpc) is 2.20. The number of hydrogen-bond acceptors (Lipinski definition) is 4. The van der Waals surface area contributed by atoms with Crippen molar-refractivity contribution in [3.05, 3.63) is 28.3 Å². The number of phenolic OH excluding ortho intramolecular Hbond substituents is 1. The number of nitrogens with one attached hydrogen (secondary N) is 1. The highest BCUT2D eigenvalue weighted by Crippen LogP contribution is 2.27. The Morgan fingerprint density at radius 1 is 1.50 bits per heavy atom. The van der Waals surface area contributed by atoms with Crippen LogP contribution in [0.15, 0.2) is 18.2 Å². The first-order valence-corrected chi connectivity index (χ1v) is 3.98. The zero-order valence-corrected chi connectivity index (χ0v) is 7.68. The molecule has 0 aromatic heterocycles. The van der Waals surface area contributed by atoms with E-state index < -0.39 is 34.4 Å². The molecule has 0 aliphatic heterocycles. The molecule has 0 saturated carbocycles. The van der Waals surface area contributed by atoms with Gasteiger partial charge in [-0.1, -0.05) is 0 Å². The number of alkyl halides is 2. The minimum absolute atomic E-state index is 0.428. The van der Waals surface area contributed by atoms with Crippen LogP contribution in [0.2, 0.25) is 0 Å². The zero-order valence-electron chi connectivity index (χ0n) is 7.68. The summed E-state index contributed by atoms with van der Waals surface area (Å²) in [6, 6.07) is 2.70. The van der Waals surface area contributed by atoms with Crippen molar-refractivity contribution in [1.29, 1.82) is 0 Å². The number of phenols is 1. The molecule has 0 radical (unpaired) electrons. The molecule has 1 aromatic rings. The molecule has 0 atom stereocenters. The van der Waals surface area contributed by atoms with E-state index >= 15 is 0 Å². The molecule has 6 nitrogen and oxygen atoms in total. The third-order valence-electron chi connectivity index (χ3n) is 1.65. The summed E-state index contributed by atoms with van der Waals surface area (Å²) in [4.78, 5) is 20.2. The molecule has 16 heavy (non-hydrogen) atoms. The molecule has 8 heteroatoms. The van der Waals surface area contributed by atoms with Crippen LogP contribution in [0.5, 0.6) is 5.75 Å². The van der Waals surface area contributed by atoms with Gasteiger partial charge in [-0.25, -0.2) is 0 Å². The molecule has 0 spiro atoms. The molecule has 0 saturated heterocycles. The Bertz CT molecular complexity index is 436. The van der Waals surface area contributed by atoms with E-state index in [1.807, 2.05) is 0 Å². The number of aromatic hydroxyl groups is 1. The smallest absolute Gasteiger partial charge is 0.315 e. The van der Waals surface area contributed by atoms with Crippen molar-refractivity contribution in [2.24, 2.45) is 0 Å². The van der Waals surface area contributed by atoms with Gasteiger partial charge >= 0.3 is 6.43 Å². The third kappa shape index (κ3) is 2.62. The molecular weight excluding hydrogens is 226 g/mol. The maximum Gasteiger partial charge on any atom is 0.315 e. The Hall–Kier alpha value is -2.25. The normalized spacial score (nSPS) is 10.2. The largest absolute Gasteiger partial charge is 0.506 e. The number of halogens is 2. The van der Waals surface area contributed by atoms with Crippen molar-refractivity contribution in [1.82, 2.24) is 0 Å². The van der Waals surface area contributed by atoms with E-state index in [-0.39, 0.29) is 0 Å². The Morgan fingerprint density at radius 3 is 2.62 bits per heavy atom. The van der Waals surface area contributed by atoms with Crippen molar-refractivity contribution in [3.63, 3.8) is 0 Å². The predicted octanol–water partition coefficient (Wildman–Crippen LogP) is 1.50. The minimum atomic E-state index is -3.27. The number of amides is 1. The SMILES string of the molecule is O=C(Nc1cc([N+](=O)[O-])ccc1O)C(F)F. The van der Waals surface area contributed by atoms with Gasteiger partial charge in [0.1, 0.15) is 5.75 Å². The number of hydrogen-bond donors (Lipinski definition) is 2. The first-order chi connectivity index (χ1) is 7.41. The van der Waals surface area contributed by atoms with Crippen LogP contribution in [0.1, 0.15) is 0 Å². The van der Waals surface area contributed by atoms with Crippen LogP contribution in [-0.4, -0.2) is 22.4 Å². The maximum atomic E-state index is 11.9. The summed E-state index contributed by atoms with van der Waals surface area (Å²) >= 11 is 0. The van der Waals surface area contributed by atoms with Gasteiger partial charge in [0.2, 0.25) is 0 Å². The lowest BCUT2D eigenvalue weighted by Crippen LogP contribution is -2.20. The third-order valence-corrected chi connectivity index (χ3v) is 1.65. The van der Waals surface area contributed by atoms with E-state index in [2.05, 4.69) is 0 Å². The first-order valence-electron chi connectivity index (χ1n) is 3.98. The van der Waals surface area contributed by atoms with Gasteiger partial charge in [0, 0.05) is 12.1 Å². The lowest BCUT2D eigenvalue weighted by Gasteiger charge is -2.05. The summed E-state index contributed by atoms with van der Waals surface area (Å²) in [6.07, 6.45) is -3.27. The van der Waals surface area contributed by atoms with Crippen LogP contribution in [-0.2, 0) is 4.79 Å². The van der Waals surface area contributed by atoms with Gasteiger partial charge in [0.25, 0.3) is 11.6 Å². The Kier molecular flexibility index (Phi) is 3.33. The lowest BCUT2D eigenvalue weighted by molar-refractivity contribution is -0.384. The van der Waals surface area contributed by atoms with Crippen molar-refractivity contribution in [2.45, 2.75) is 6.43 Å². The second-order valence-electron chi connectivity index (χ2n) is 2.75. The number of benzene rings is 1. The van der Waals surface area contributed by atoms with Gasteiger partial charge < -0.3 is 10.4 Å². The number of non-ortho nitro benzene ring substituents is 1. The second-order valence-corrected chi connectivity index (χ2v) is 2.75. The number of nitro benzene ring substituents is 1. The highest BCUT2D eigenvalue weighted by Gasteiger charge is 2.18. The monoisotopic (exact) mass is 232 g/mol. The number of rotatable bonds is 3. The van der Waals surface area contributed by atoms with E-state index in [1.54, 1.807) is 5.32 Å². The van der Waals surface area contributed by atoms with Crippen molar-refractivity contribution >= 4 is 17.3 Å². The first kappa shape index (κ1) is 11.8. The minimum Gasteiger partial charge on any atom is -0.506 e. The summed E-state index contributed by atoms with van der Waals surface area (Å²) in [7, 11) is 0. The van der Waals surface area contributed by atoms with Gasteiger partial charge in [0.15, 0.2) is 0 Å². The van der Waals surface area contributed by atoms with Gasteiger partial charge in [-0.2, -0.15) is 8.78 Å². The summed E-state index contributed by atoms with van der Waals surface area (Å²) in [5.74, 6) is -2.17. The second kappa shape index (κ2) is 4.51. The molecule has 1 rings (SSSR count). The maximum absolute atomic E-state index is 11.9. The summed E-state index contributed by atoms with van der Waals surface area (Å²) < 4.78 is 23.8. The fraction of sp³-hybridized carbons (Fsp3) is 0.125. The lowest BCUT2D eigenvalue weighted by atomic mass is 10.2. The molecule has 86 valence electrons. The number of carbonyl (C=O) groups excluding carboxylic acids is 1. The molecule has 1 aromatic carbocycles. The summed E-state index contributed by atoms with van der Waals surface area (Å²) in [5, 5.41) is 21.2. The molecule has 1 amide bonds. The van der Waals surface area contributed by atoms with Gasteiger partial charge in [-0.15, -0.1) is 0 Å². The van der Waals surface area contributed by atoms with Gasteiger partial charge in [0.05, 0.1) is 10.6 Å². The van der Waals surface area contributed by atoms with Crippen LogP contribution in [0.25, 0.3) is 0 Å². The zero-order chi connectivity index (χ0) is 12.3. The number of nitrogens with zero attached hydrogens (tertiary/aromatic N) is 1. The Morgan fingerprint density at radius 2 is 2.12 bits per heavy atom. The van der Waals surface area contributed by atoms with Crippen molar-refractivity contribution in [2.75, 3.05) is 5.32 Å². The van der Waals surface area contributed by atoms with Crippen LogP contribution in [0.4, 0.5) is 20.2 Å². The van der Waals surface area contributed by atoms with Crippen LogP contribution in [0, 0.1) is 10.1 Å². The van der Waals surface area contributed by atoms with Crippen LogP contribution < -0.4 is 5.32 Å². The highest BCUT2D eigenvalue weighted by molar-refractivity contribution is 5.94. The molecule has 2 N–H and O–H groups in total. The van der Waals surface area contributed by atoms with Crippen LogP contribution >= 0.6 is 0 Å². The topological polar surface area (TPSA) is 92.5 Å². The standard InChI is InChI=1S/C8H6F2N2O4/c9-7(10)8(14)11-5-3-4(12(15)16)1-2-6(5)13/h1-3,7,13H,(H,11,14). The van der Waals surface area contributed by atoms with E-state index in [1.165, 1.54) is 0 Å². The van der Waals surface area contributed by atoms with E-state index in [0.29, 0.717) is 0 Å². The summed E-state index contributed by atoms with van der Waals surface area (Å²) in [5.41, 5.74) is -0.859. The fourth-order valence-corrected chi connectivity index (χ4v) is 0.925. The molecule has 0 aliphatic carbocycles. The van der Waals surface area contributed by atoms with Crippen molar-refractivity contribution < 1.29 is 23.6 Å². The summed E-state index contributed by atoms with van der Waals surface area (Å²) in [6.45, 7) is 0. The van der Waals surface area contributed by atoms with E-state index in [9.17, 15) is 23.7 Å². The van der Waals surface area contributed by atoms with Crippen molar-refractivity contribution in [3.8, 4) is 5.75 Å². The molecular formula is C8H6F2N2O4. The molecule has 0 heterocycles. The van der Waals surface area contributed by atoms with Crippen LogP contribution in [0.3, 0.4) is 0 Å². The Balaban J connectivity index is 2.99. The molecule has 0 unspecified atom stereocenters. The fourth-order valence-electron chi connectivity index (χ4n) is 0.925. The number of carbonyl (C=O) groups is 1. The number of nitro groups is 1. The molecule has 0 bridgehead atoms. The highest BCUT2D eigenvalue weighted by atomic mass is 19.3. The quantitative estimate of drug-likeness (QED) is 0.469. The average molecular weight is 232 g/mol. The van der Waals surface area contributed by atoms with Gasteiger partial charge in [-0.3, -0.25) is 14.9 Å². The molecule has 0 aliphatic rings.